The summed E-state index contributed by atoms with van der Waals surface area (Å²) in [7, 11) is -1.44. The lowest BCUT2D eigenvalue weighted by molar-refractivity contribution is -0.120. The molecule has 20 nitrogen and oxygen atoms in total. The normalized spacial score (nSPS) is 21.3. The minimum atomic E-state index is -1.04. The number of halogens is 3. The third-order valence-electron chi connectivity index (χ3n) is 20.1. The number of cyclic esters (lactones) is 2. The van der Waals surface area contributed by atoms with E-state index in [1.54, 1.807) is 68.0 Å². The topological polar surface area (TPSA) is 257 Å². The van der Waals surface area contributed by atoms with Gasteiger partial charge in [-0.25, -0.2) is 9.59 Å². The zero-order valence-electron chi connectivity index (χ0n) is 61.0. The number of nitrogens with zero attached hydrogens (tertiary/aromatic N) is 5. The number of rotatable bonds is 16. The highest BCUT2D eigenvalue weighted by molar-refractivity contribution is 14.1. The van der Waals surface area contributed by atoms with E-state index in [2.05, 4.69) is 72.8 Å². The number of aromatic amines is 1. The number of carbonyl (C=O) groups is 2. The van der Waals surface area contributed by atoms with E-state index in [9.17, 15) is 39.0 Å². The van der Waals surface area contributed by atoms with Gasteiger partial charge in [-0.15, -0.1) is 0 Å². The molecular weight excluding hydrogens is 1620 g/mol. The van der Waals surface area contributed by atoms with Crippen molar-refractivity contribution in [1.29, 1.82) is 0 Å². The van der Waals surface area contributed by atoms with E-state index in [0.717, 1.165) is 64.1 Å². The molecule has 25 heteroatoms. The van der Waals surface area contributed by atoms with Gasteiger partial charge in [-0.05, 0) is 245 Å². The molecule has 548 valence electrons. The van der Waals surface area contributed by atoms with Gasteiger partial charge in [0.2, 0.25) is 5.56 Å². The van der Waals surface area contributed by atoms with Crippen LogP contribution in [0.4, 0.5) is 9.59 Å². The number of amides is 2. The molecule has 6 aromatic rings. The lowest BCUT2D eigenvalue weighted by Gasteiger charge is -2.47. The largest absolute Gasteiger partial charge is 0.494 e. The molecule has 3 aliphatic heterocycles. The number of carbonyl (C=O) groups excluding carboxylic acids is 2. The molecule has 2 amide bonds. The Morgan fingerprint density at radius 3 is 1.20 bits per heavy atom. The molecule has 4 saturated carbocycles. The summed E-state index contributed by atoms with van der Waals surface area (Å²) in [5.74, 6) is 0.444. The third kappa shape index (κ3) is 22.9. The number of aliphatic hydroxyl groups is 2. The minimum Gasteiger partial charge on any atom is -0.442 e. The molecule has 0 spiro atoms. The van der Waals surface area contributed by atoms with Crippen LogP contribution < -0.4 is 27.7 Å². The summed E-state index contributed by atoms with van der Waals surface area (Å²) in [6.07, 6.45) is 17.7. The van der Waals surface area contributed by atoms with Crippen LogP contribution in [0.25, 0.3) is 11.1 Å². The van der Waals surface area contributed by atoms with Crippen molar-refractivity contribution in [3.63, 3.8) is 0 Å². The summed E-state index contributed by atoms with van der Waals surface area (Å²) in [6, 6.07) is 31.6. The van der Waals surface area contributed by atoms with Crippen molar-refractivity contribution in [2.75, 3.05) is 13.1 Å². The highest BCUT2D eigenvalue weighted by Gasteiger charge is 2.52. The number of ether oxygens (including phenoxy) is 2. The molecule has 101 heavy (non-hydrogen) atoms. The van der Waals surface area contributed by atoms with Gasteiger partial charge in [0.05, 0.1) is 34.5 Å². The van der Waals surface area contributed by atoms with Crippen LogP contribution in [0.1, 0.15) is 215 Å². The number of H-pyrrole nitrogens is 1. The zero-order chi connectivity index (χ0) is 74.3. The maximum Gasteiger partial charge on any atom is 0.494 e. The molecule has 4 aromatic heterocycles. The first-order chi connectivity index (χ1) is 47.2. The Bertz CT molecular complexity index is 3940. The minimum absolute atomic E-state index is 0.0445. The number of pyridine rings is 4. The molecule has 0 radical (unpaired) electrons. The smallest absolute Gasteiger partial charge is 0.442 e. The summed E-state index contributed by atoms with van der Waals surface area (Å²) in [4.78, 5) is 77.5. The first-order valence-corrected chi connectivity index (χ1v) is 38.6. The maximum absolute atomic E-state index is 13.0. The number of aromatic nitrogens is 4. The average molecular weight is 1730 g/mol. The fourth-order valence-corrected chi connectivity index (χ4v) is 13.9. The maximum atomic E-state index is 13.0. The first-order valence-electron chi connectivity index (χ1n) is 35.4. The van der Waals surface area contributed by atoms with Gasteiger partial charge >= 0.3 is 26.4 Å². The van der Waals surface area contributed by atoms with Gasteiger partial charge < -0.3 is 67.5 Å². The molecular formula is C76H103B2I3N6O14. The Labute approximate surface area is 636 Å². The molecule has 0 bridgehead atoms. The van der Waals surface area contributed by atoms with Crippen LogP contribution in [0.3, 0.4) is 0 Å². The second kappa shape index (κ2) is 34.0. The van der Waals surface area contributed by atoms with Crippen molar-refractivity contribution in [3.05, 3.63) is 185 Å². The Morgan fingerprint density at radius 1 is 0.525 bits per heavy atom. The lowest BCUT2D eigenvalue weighted by Crippen LogP contribution is -2.55. The Kier molecular flexibility index (Phi) is 27.4. The summed E-state index contributed by atoms with van der Waals surface area (Å²) in [5.41, 5.74) is 1.29. The van der Waals surface area contributed by atoms with E-state index in [0.29, 0.717) is 56.9 Å². The Hall–Kier alpha value is -5.14. The van der Waals surface area contributed by atoms with E-state index in [-0.39, 0.29) is 75.4 Å². The first kappa shape index (κ1) is 81.5. The Balaban J connectivity index is 0.000000173. The van der Waals surface area contributed by atoms with Crippen LogP contribution >= 0.6 is 67.8 Å². The standard InChI is InChI=1S/C27H36N2O4.C25H40BNO5.2C8H8INO.C5H4INO.C3H7BO2/c1-18(2)27(17-26(4,5)32)13-15-28(25(31)33-27)19(3)20-6-8-21(9-7-20)22-12-14-29(23-10-11-23)24(30)16-22;1-17(2)25(16-22(4,5)29)14-15-27(21(28)30-25)18(3)19-10-12-20(13-11-19)26-31-23(6,7)24(8,9)32-26;2*9-6-3-4-10(7-1-2-7)8(11)5-6;6-4-1-2-7-5(8)3-4;5-4(6)3-1-2-3/h6-9,12,14,16,18-19,23,32H,10-11,13,15,17H2,1-5H3;10-13,17-18,29H,14-16H2,1-9H3;2*3-5,7H,1-2H2;1-3H,(H,7,8);3,5-6H,1-2H2/t19-,27-;18-,25-;;;;/m00..../s1. The van der Waals surface area contributed by atoms with Gasteiger partial charge in [-0.2, -0.15) is 0 Å². The van der Waals surface area contributed by atoms with Gasteiger partial charge in [0.25, 0.3) is 16.7 Å². The van der Waals surface area contributed by atoms with Crippen molar-refractivity contribution < 1.29 is 48.6 Å². The summed E-state index contributed by atoms with van der Waals surface area (Å²) in [6.45, 7) is 28.6. The number of hydrogen-bond donors (Lipinski definition) is 5. The predicted molar refractivity (Wildman–Crippen MR) is 422 cm³/mol. The molecule has 0 unspecified atom stereocenters. The molecule has 7 heterocycles. The summed E-state index contributed by atoms with van der Waals surface area (Å²) < 4.78 is 32.7. The van der Waals surface area contributed by atoms with Crippen molar-refractivity contribution in [3.8, 4) is 11.1 Å². The molecule has 7 aliphatic rings. The van der Waals surface area contributed by atoms with Crippen LogP contribution in [0.2, 0.25) is 5.82 Å². The molecule has 5 N–H and O–H groups in total. The summed E-state index contributed by atoms with van der Waals surface area (Å²) in [5, 5.41) is 37.3. The molecule has 3 saturated heterocycles. The van der Waals surface area contributed by atoms with Gasteiger partial charge in [0.1, 0.15) is 11.2 Å². The fraction of sp³-hybridized carbons (Fsp3) is 0.553. The van der Waals surface area contributed by atoms with E-state index in [4.69, 9.17) is 28.8 Å². The molecule has 4 atom stereocenters. The molecule has 2 aromatic carbocycles. The van der Waals surface area contributed by atoms with Gasteiger partial charge in [-0.1, -0.05) is 89.1 Å². The van der Waals surface area contributed by atoms with Crippen LogP contribution in [0, 0.1) is 22.5 Å². The zero-order valence-corrected chi connectivity index (χ0v) is 67.4. The van der Waals surface area contributed by atoms with Crippen LogP contribution in [-0.4, -0.2) is 122 Å². The second-order valence-corrected chi connectivity index (χ2v) is 34.7. The van der Waals surface area contributed by atoms with Crippen molar-refractivity contribution in [1.82, 2.24) is 28.5 Å². The molecule has 7 fully saturated rings. The fourth-order valence-electron chi connectivity index (χ4n) is 12.6. The number of hydrogen-bond acceptors (Lipinski definition) is 14. The van der Waals surface area contributed by atoms with E-state index >= 15 is 0 Å². The quantitative estimate of drug-likeness (QED) is 0.0446. The van der Waals surface area contributed by atoms with Crippen molar-refractivity contribution in [2.24, 2.45) is 11.8 Å². The monoisotopic (exact) mass is 1730 g/mol. The second-order valence-electron chi connectivity index (χ2n) is 30.9. The number of benzene rings is 2. The predicted octanol–water partition coefficient (Wildman–Crippen LogP) is 13.9. The summed E-state index contributed by atoms with van der Waals surface area (Å²) >= 11 is 6.39. The molecule has 13 rings (SSSR count). The van der Waals surface area contributed by atoms with E-state index in [1.165, 1.54) is 25.7 Å². The highest BCUT2D eigenvalue weighted by Crippen LogP contribution is 2.43. The third-order valence-corrected chi connectivity index (χ3v) is 22.2. The van der Waals surface area contributed by atoms with Crippen LogP contribution in [0.5, 0.6) is 0 Å². The van der Waals surface area contributed by atoms with Gasteiger partial charge in [0, 0.05) is 117 Å². The SMILES string of the molecule is CC(C)[C@@]1(CC(C)(C)O)CCN([C@@H](C)c2ccc(-c3ccn(C4CC4)c(=O)c3)cc2)C(=O)O1.CC(C)[C@@]1(CC(C)(C)O)CCN([C@@H](C)c2ccc(B3OC(C)(C)C(C)(C)O3)cc2)C(=O)O1.O=c1cc(I)cc[nH]1.O=c1cc(I)ccn1C1CC1.O=c1cc(I)ccn1C1CC1.OB(O)C1CC1. The van der Waals surface area contributed by atoms with Crippen LogP contribution in [-0.2, 0) is 18.8 Å². The van der Waals surface area contributed by atoms with Crippen molar-refractivity contribution in [2.45, 2.75) is 244 Å². The Morgan fingerprint density at radius 2 is 0.901 bits per heavy atom. The average Bonchev–Trinajstić information content (AvgIpc) is 1.51. The highest BCUT2D eigenvalue weighted by atomic mass is 127. The van der Waals surface area contributed by atoms with Gasteiger partial charge in [0.15, 0.2) is 0 Å². The van der Waals surface area contributed by atoms with E-state index in [1.807, 2.05) is 174 Å². The lowest BCUT2D eigenvalue weighted by atomic mass is 9.77. The molecule has 4 aliphatic carbocycles. The van der Waals surface area contributed by atoms with Crippen LogP contribution in [0.15, 0.2) is 141 Å². The van der Waals surface area contributed by atoms with Crippen molar-refractivity contribution >= 4 is 99.7 Å². The number of nitrogens with one attached hydrogen (secondary N) is 1. The van der Waals surface area contributed by atoms with E-state index < -0.39 is 36.6 Å². The van der Waals surface area contributed by atoms with Gasteiger partial charge in [-0.3, -0.25) is 19.2 Å².